The van der Waals surface area contributed by atoms with Crippen molar-refractivity contribution in [3.8, 4) is 0 Å². The van der Waals surface area contributed by atoms with Crippen LogP contribution in [0.25, 0.3) is 6.08 Å². The molecule has 4 rings (SSSR count). The monoisotopic (exact) mass is 344 g/mol. The maximum absolute atomic E-state index is 12.3. The molecule has 1 saturated carbocycles. The summed E-state index contributed by atoms with van der Waals surface area (Å²) in [5.74, 6) is 1.19. The van der Waals surface area contributed by atoms with E-state index < -0.39 is 0 Å². The van der Waals surface area contributed by atoms with E-state index in [9.17, 15) is 9.59 Å². The van der Waals surface area contributed by atoms with Crippen molar-refractivity contribution in [1.82, 2.24) is 9.80 Å². The van der Waals surface area contributed by atoms with Gasteiger partial charge in [0.25, 0.3) is 0 Å². The number of carbonyl (C=O) groups excluding carboxylic acids is 2. The molecule has 0 unspecified atom stereocenters. The van der Waals surface area contributed by atoms with Crippen LogP contribution < -0.4 is 0 Å². The number of rotatable bonds is 4. The van der Waals surface area contributed by atoms with Gasteiger partial charge < -0.3 is 9.80 Å². The number of carbonyl (C=O) groups is 2. The third-order valence-corrected chi connectivity index (χ3v) is 6.49. The van der Waals surface area contributed by atoms with Gasteiger partial charge in [0.1, 0.15) is 0 Å². The summed E-state index contributed by atoms with van der Waals surface area (Å²) < 4.78 is 0. The molecule has 1 aromatic rings. The van der Waals surface area contributed by atoms with Crippen LogP contribution in [-0.2, 0) is 9.59 Å². The third kappa shape index (κ3) is 3.41. The summed E-state index contributed by atoms with van der Waals surface area (Å²) in [5, 5.41) is 2.01. The first-order chi connectivity index (χ1) is 11.6. The summed E-state index contributed by atoms with van der Waals surface area (Å²) in [4.78, 5) is 29.8. The second kappa shape index (κ2) is 6.36. The van der Waals surface area contributed by atoms with E-state index in [0.29, 0.717) is 12.3 Å². The highest BCUT2D eigenvalue weighted by atomic mass is 32.1. The van der Waals surface area contributed by atoms with E-state index in [2.05, 4.69) is 4.90 Å². The Hall–Kier alpha value is -1.62. The van der Waals surface area contributed by atoms with Crippen molar-refractivity contribution in [3.63, 3.8) is 0 Å². The molecule has 3 aliphatic rings. The first-order valence-electron chi connectivity index (χ1n) is 8.92. The standard InChI is InChI=1S/C19H24N2O2S/c22-17(6-5-16-2-1-11-24-16)20-9-7-19(8-10-20)12-18(23)21(14-19)13-15-3-4-15/h1-2,5-6,11,15H,3-4,7-10,12-14H2/b6-5+. The van der Waals surface area contributed by atoms with Crippen molar-refractivity contribution in [1.29, 1.82) is 0 Å². The zero-order valence-electron chi connectivity index (χ0n) is 13.9. The Labute approximate surface area is 147 Å². The number of nitrogens with zero attached hydrogens (tertiary/aromatic N) is 2. The molecule has 128 valence electrons. The number of amides is 2. The average molecular weight is 344 g/mol. The van der Waals surface area contributed by atoms with Crippen LogP contribution in [0.15, 0.2) is 23.6 Å². The van der Waals surface area contributed by atoms with Gasteiger partial charge >= 0.3 is 0 Å². The largest absolute Gasteiger partial charge is 0.342 e. The van der Waals surface area contributed by atoms with Crippen LogP contribution in [0.5, 0.6) is 0 Å². The molecular formula is C19H24N2O2S. The van der Waals surface area contributed by atoms with E-state index >= 15 is 0 Å². The smallest absolute Gasteiger partial charge is 0.246 e. The quantitative estimate of drug-likeness (QED) is 0.788. The topological polar surface area (TPSA) is 40.6 Å². The van der Waals surface area contributed by atoms with Gasteiger partial charge in [-0.05, 0) is 49.1 Å². The van der Waals surface area contributed by atoms with Gasteiger partial charge in [-0.3, -0.25) is 9.59 Å². The number of likely N-dealkylation sites (tertiary alicyclic amines) is 2. The summed E-state index contributed by atoms with van der Waals surface area (Å²) >= 11 is 1.64. The lowest BCUT2D eigenvalue weighted by atomic mass is 9.77. The molecule has 24 heavy (non-hydrogen) atoms. The molecule has 2 amide bonds. The molecule has 0 aromatic carbocycles. The molecule has 1 spiro atoms. The SMILES string of the molecule is O=C(/C=C/c1cccs1)N1CCC2(CC1)CC(=O)N(CC1CC1)C2. The number of hydrogen-bond donors (Lipinski definition) is 0. The van der Waals surface area contributed by atoms with E-state index in [0.717, 1.165) is 49.8 Å². The third-order valence-electron chi connectivity index (χ3n) is 5.65. The molecule has 2 saturated heterocycles. The molecule has 0 radical (unpaired) electrons. The van der Waals surface area contributed by atoms with Gasteiger partial charge in [0.15, 0.2) is 0 Å². The Morgan fingerprint density at radius 1 is 1.33 bits per heavy atom. The van der Waals surface area contributed by atoms with Crippen molar-refractivity contribution >= 4 is 29.2 Å². The fourth-order valence-corrected chi connectivity index (χ4v) is 4.56. The van der Waals surface area contributed by atoms with Gasteiger partial charge in [-0.25, -0.2) is 0 Å². The second-order valence-electron chi connectivity index (χ2n) is 7.57. The van der Waals surface area contributed by atoms with Gasteiger partial charge in [0.05, 0.1) is 0 Å². The Balaban J connectivity index is 1.31. The van der Waals surface area contributed by atoms with E-state index in [1.165, 1.54) is 12.8 Å². The Bertz CT molecular complexity index is 640. The fraction of sp³-hybridized carbons (Fsp3) is 0.579. The van der Waals surface area contributed by atoms with E-state index in [1.807, 2.05) is 28.5 Å². The lowest BCUT2D eigenvalue weighted by Crippen LogP contribution is -2.43. The van der Waals surface area contributed by atoms with Crippen LogP contribution in [0.2, 0.25) is 0 Å². The second-order valence-corrected chi connectivity index (χ2v) is 8.55. The van der Waals surface area contributed by atoms with Gasteiger partial charge in [-0.1, -0.05) is 6.07 Å². The van der Waals surface area contributed by atoms with Gasteiger partial charge in [-0.2, -0.15) is 0 Å². The normalized spacial score (nSPS) is 23.6. The Kier molecular flexibility index (Phi) is 4.21. The van der Waals surface area contributed by atoms with Crippen LogP contribution in [0.3, 0.4) is 0 Å². The van der Waals surface area contributed by atoms with Crippen LogP contribution in [0.1, 0.15) is 37.0 Å². The van der Waals surface area contributed by atoms with Crippen LogP contribution >= 0.6 is 11.3 Å². The van der Waals surface area contributed by atoms with Crippen molar-refractivity contribution in [2.75, 3.05) is 26.2 Å². The zero-order valence-corrected chi connectivity index (χ0v) is 14.8. The maximum atomic E-state index is 12.3. The molecule has 0 bridgehead atoms. The highest BCUT2D eigenvalue weighted by Gasteiger charge is 2.46. The summed E-state index contributed by atoms with van der Waals surface area (Å²) in [5.41, 5.74) is 0.125. The Morgan fingerprint density at radius 2 is 2.12 bits per heavy atom. The zero-order chi connectivity index (χ0) is 16.6. The van der Waals surface area contributed by atoms with Crippen LogP contribution in [0, 0.1) is 11.3 Å². The van der Waals surface area contributed by atoms with Gasteiger partial charge in [-0.15, -0.1) is 11.3 Å². The highest BCUT2D eigenvalue weighted by molar-refractivity contribution is 7.10. The van der Waals surface area contributed by atoms with Crippen molar-refractivity contribution in [2.45, 2.75) is 32.1 Å². The van der Waals surface area contributed by atoms with Crippen molar-refractivity contribution in [3.05, 3.63) is 28.5 Å². The highest BCUT2D eigenvalue weighted by Crippen LogP contribution is 2.42. The van der Waals surface area contributed by atoms with Crippen molar-refractivity contribution < 1.29 is 9.59 Å². The minimum absolute atomic E-state index is 0.0948. The van der Waals surface area contributed by atoms with Gasteiger partial charge in [0.2, 0.25) is 11.8 Å². The maximum Gasteiger partial charge on any atom is 0.246 e. The van der Waals surface area contributed by atoms with E-state index in [4.69, 9.17) is 0 Å². The first kappa shape index (κ1) is 15.9. The first-order valence-corrected chi connectivity index (χ1v) is 9.80. The predicted molar refractivity (Wildman–Crippen MR) is 95.5 cm³/mol. The molecule has 5 heteroatoms. The minimum atomic E-state index is 0.0948. The molecule has 1 aromatic heterocycles. The molecule has 3 fully saturated rings. The number of piperidine rings is 1. The van der Waals surface area contributed by atoms with Gasteiger partial charge in [0, 0.05) is 49.0 Å². The molecule has 0 N–H and O–H groups in total. The van der Waals surface area contributed by atoms with E-state index in [1.54, 1.807) is 17.4 Å². The fourth-order valence-electron chi connectivity index (χ4n) is 3.94. The number of hydrogen-bond acceptors (Lipinski definition) is 3. The lowest BCUT2D eigenvalue weighted by Gasteiger charge is -2.38. The molecule has 3 heterocycles. The van der Waals surface area contributed by atoms with Crippen molar-refractivity contribution in [2.24, 2.45) is 11.3 Å². The summed E-state index contributed by atoms with van der Waals surface area (Å²) in [6.07, 6.45) is 8.76. The molecule has 0 atom stereocenters. The average Bonchev–Trinajstić information content (AvgIpc) is 3.14. The van der Waals surface area contributed by atoms with Crippen LogP contribution in [-0.4, -0.2) is 47.8 Å². The molecule has 2 aliphatic heterocycles. The van der Waals surface area contributed by atoms with Crippen LogP contribution in [0.4, 0.5) is 0 Å². The summed E-state index contributed by atoms with van der Waals surface area (Å²) in [7, 11) is 0. The number of thiophene rings is 1. The summed E-state index contributed by atoms with van der Waals surface area (Å²) in [6.45, 7) is 3.43. The minimum Gasteiger partial charge on any atom is -0.342 e. The molecular weight excluding hydrogens is 320 g/mol. The predicted octanol–water partition coefficient (Wildman–Crippen LogP) is 3.01. The lowest BCUT2D eigenvalue weighted by molar-refractivity contribution is -0.128. The molecule has 1 aliphatic carbocycles. The summed E-state index contributed by atoms with van der Waals surface area (Å²) in [6, 6.07) is 4.00. The Morgan fingerprint density at radius 3 is 2.79 bits per heavy atom. The van der Waals surface area contributed by atoms with E-state index in [-0.39, 0.29) is 11.3 Å². The molecule has 4 nitrogen and oxygen atoms in total.